The molecular formula is C13H15N2O4S-. The summed E-state index contributed by atoms with van der Waals surface area (Å²) < 4.78 is 26.0. The normalized spacial score (nSPS) is 17.7. The fourth-order valence-corrected chi connectivity index (χ4v) is 3.25. The predicted octanol–water partition coefficient (Wildman–Crippen LogP) is 0.0354. The van der Waals surface area contributed by atoms with Crippen molar-refractivity contribution >= 4 is 21.8 Å². The zero-order chi connectivity index (χ0) is 14.6. The molecule has 0 fully saturated rings. The van der Waals surface area contributed by atoms with Gasteiger partial charge < -0.3 is 9.90 Å². The molecular weight excluding hydrogens is 280 g/mol. The van der Waals surface area contributed by atoms with Crippen LogP contribution in [-0.4, -0.2) is 26.8 Å². The van der Waals surface area contributed by atoms with Crippen LogP contribution in [-0.2, 0) is 14.8 Å². The second-order valence-corrected chi connectivity index (χ2v) is 6.17. The molecule has 108 valence electrons. The van der Waals surface area contributed by atoms with Crippen molar-refractivity contribution in [1.29, 1.82) is 0 Å². The SMILES string of the molecule is O=C([O-])CCCCCN=C1NS(=O)(=O)c2ccccc21. The number of hydrogen-bond acceptors (Lipinski definition) is 5. The molecule has 1 N–H and O–H groups in total. The molecule has 1 aliphatic heterocycles. The number of rotatable bonds is 6. The average Bonchev–Trinajstić information content (AvgIpc) is 2.66. The number of aliphatic imine (C=N–C) groups is 1. The van der Waals surface area contributed by atoms with E-state index in [9.17, 15) is 18.3 Å². The summed E-state index contributed by atoms with van der Waals surface area (Å²) in [5, 5.41) is 10.2. The van der Waals surface area contributed by atoms with Gasteiger partial charge in [-0.3, -0.25) is 9.71 Å². The van der Waals surface area contributed by atoms with Crippen molar-refractivity contribution in [2.45, 2.75) is 30.6 Å². The fourth-order valence-electron chi connectivity index (χ4n) is 2.00. The second kappa shape index (κ2) is 6.04. The van der Waals surface area contributed by atoms with Crippen molar-refractivity contribution in [3.8, 4) is 0 Å². The highest BCUT2D eigenvalue weighted by molar-refractivity contribution is 7.90. The van der Waals surface area contributed by atoms with Gasteiger partial charge in [0.05, 0.1) is 4.90 Å². The van der Waals surface area contributed by atoms with E-state index < -0.39 is 16.0 Å². The lowest BCUT2D eigenvalue weighted by Crippen LogP contribution is -2.22. The molecule has 0 radical (unpaired) electrons. The van der Waals surface area contributed by atoms with Crippen LogP contribution in [0.1, 0.15) is 31.2 Å². The van der Waals surface area contributed by atoms with E-state index >= 15 is 0 Å². The third kappa shape index (κ3) is 3.36. The van der Waals surface area contributed by atoms with E-state index in [2.05, 4.69) is 9.71 Å². The molecule has 0 saturated carbocycles. The maximum Gasteiger partial charge on any atom is 0.263 e. The minimum atomic E-state index is -3.48. The van der Waals surface area contributed by atoms with Gasteiger partial charge in [-0.05, 0) is 31.4 Å². The summed E-state index contributed by atoms with van der Waals surface area (Å²) in [6, 6.07) is 6.68. The van der Waals surface area contributed by atoms with Crippen molar-refractivity contribution in [3.05, 3.63) is 29.8 Å². The van der Waals surface area contributed by atoms with Crippen LogP contribution in [0.4, 0.5) is 0 Å². The molecule has 0 aliphatic carbocycles. The molecule has 0 aromatic heterocycles. The van der Waals surface area contributed by atoms with Crippen molar-refractivity contribution < 1.29 is 18.3 Å². The molecule has 1 aliphatic rings. The van der Waals surface area contributed by atoms with Crippen LogP contribution in [0.3, 0.4) is 0 Å². The number of nitrogens with one attached hydrogen (secondary N) is 1. The Morgan fingerprint density at radius 2 is 1.95 bits per heavy atom. The van der Waals surface area contributed by atoms with Crippen molar-refractivity contribution in [2.24, 2.45) is 4.99 Å². The van der Waals surface area contributed by atoms with Gasteiger partial charge in [-0.15, -0.1) is 0 Å². The largest absolute Gasteiger partial charge is 0.550 e. The van der Waals surface area contributed by atoms with Gasteiger partial charge in [0.2, 0.25) is 0 Å². The molecule has 7 heteroatoms. The summed E-state index contributed by atoms with van der Waals surface area (Å²) in [6.07, 6.45) is 2.03. The van der Waals surface area contributed by atoms with E-state index in [0.29, 0.717) is 30.8 Å². The number of carboxylic acids is 1. The molecule has 1 heterocycles. The van der Waals surface area contributed by atoms with Gasteiger partial charge >= 0.3 is 0 Å². The molecule has 0 amide bonds. The Bertz CT molecular complexity index is 638. The maximum atomic E-state index is 11.8. The van der Waals surface area contributed by atoms with Gasteiger partial charge in [0.1, 0.15) is 5.84 Å². The minimum absolute atomic E-state index is 0.0477. The topological polar surface area (TPSA) is 98.7 Å². The quantitative estimate of drug-likeness (QED) is 0.749. The third-order valence-corrected chi connectivity index (χ3v) is 4.37. The Morgan fingerprint density at radius 3 is 2.70 bits per heavy atom. The zero-order valence-electron chi connectivity index (χ0n) is 10.8. The molecule has 1 aromatic rings. The van der Waals surface area contributed by atoms with E-state index in [4.69, 9.17) is 0 Å². The van der Waals surface area contributed by atoms with Gasteiger partial charge in [-0.1, -0.05) is 18.6 Å². The minimum Gasteiger partial charge on any atom is -0.550 e. The molecule has 0 unspecified atom stereocenters. The molecule has 0 atom stereocenters. The van der Waals surface area contributed by atoms with Crippen LogP contribution < -0.4 is 9.83 Å². The molecule has 2 rings (SSSR count). The first-order valence-electron chi connectivity index (χ1n) is 6.37. The molecule has 1 aromatic carbocycles. The predicted molar refractivity (Wildman–Crippen MR) is 71.6 cm³/mol. The lowest BCUT2D eigenvalue weighted by Gasteiger charge is -2.01. The summed E-state index contributed by atoms with van der Waals surface area (Å²) in [7, 11) is -3.48. The number of hydrogen-bond donors (Lipinski definition) is 1. The number of amidine groups is 1. The zero-order valence-corrected chi connectivity index (χ0v) is 11.6. The Kier molecular flexibility index (Phi) is 4.39. The summed E-state index contributed by atoms with van der Waals surface area (Å²) in [5.41, 5.74) is 0.585. The van der Waals surface area contributed by atoms with Crippen molar-refractivity contribution in [1.82, 2.24) is 4.72 Å². The van der Waals surface area contributed by atoms with Crippen LogP contribution in [0.15, 0.2) is 34.2 Å². The molecule has 20 heavy (non-hydrogen) atoms. The molecule has 6 nitrogen and oxygen atoms in total. The highest BCUT2D eigenvalue weighted by Crippen LogP contribution is 2.22. The standard InChI is InChI=1S/C13H16N2O4S/c16-12(17)8-2-1-5-9-14-13-10-6-3-4-7-11(10)20(18,19)15-13/h3-4,6-7H,1-2,5,8-9H2,(H,14,15)(H,16,17)/p-1. The highest BCUT2D eigenvalue weighted by atomic mass is 32.2. The first-order chi connectivity index (χ1) is 9.50. The van der Waals surface area contributed by atoms with Crippen molar-refractivity contribution in [2.75, 3.05) is 6.54 Å². The van der Waals surface area contributed by atoms with E-state index in [1.54, 1.807) is 24.3 Å². The Labute approximate surface area is 117 Å². The molecule has 0 spiro atoms. The first-order valence-corrected chi connectivity index (χ1v) is 7.85. The van der Waals surface area contributed by atoms with Crippen LogP contribution in [0, 0.1) is 0 Å². The fraction of sp³-hybridized carbons (Fsp3) is 0.385. The van der Waals surface area contributed by atoms with Crippen LogP contribution in [0.5, 0.6) is 0 Å². The number of carboxylic acid groups (broad SMARTS) is 1. The average molecular weight is 295 g/mol. The van der Waals surface area contributed by atoms with E-state index in [-0.39, 0.29) is 11.3 Å². The van der Waals surface area contributed by atoms with E-state index in [0.717, 1.165) is 6.42 Å². The van der Waals surface area contributed by atoms with E-state index in [1.165, 1.54) is 0 Å². The number of benzene rings is 1. The number of nitrogens with zero attached hydrogens (tertiary/aromatic N) is 1. The highest BCUT2D eigenvalue weighted by Gasteiger charge is 2.29. The summed E-state index contributed by atoms with van der Waals surface area (Å²) >= 11 is 0. The number of carbonyl (C=O) groups excluding carboxylic acids is 1. The lowest BCUT2D eigenvalue weighted by atomic mass is 10.2. The smallest absolute Gasteiger partial charge is 0.263 e. The summed E-state index contributed by atoms with van der Waals surface area (Å²) in [4.78, 5) is 14.7. The number of fused-ring (bicyclic) bond motifs is 1. The van der Waals surface area contributed by atoms with Crippen molar-refractivity contribution in [3.63, 3.8) is 0 Å². The van der Waals surface area contributed by atoms with Gasteiger partial charge in [-0.25, -0.2) is 8.42 Å². The van der Waals surface area contributed by atoms with Crippen LogP contribution >= 0.6 is 0 Å². The first kappa shape index (κ1) is 14.5. The summed E-state index contributed by atoms with van der Waals surface area (Å²) in [5.74, 6) is -0.686. The number of carbonyl (C=O) groups is 1. The van der Waals surface area contributed by atoms with Crippen LogP contribution in [0.2, 0.25) is 0 Å². The van der Waals surface area contributed by atoms with Gasteiger partial charge in [-0.2, -0.15) is 0 Å². The number of aliphatic carboxylic acids is 1. The summed E-state index contributed by atoms with van der Waals surface area (Å²) in [6.45, 7) is 0.458. The Hall–Kier alpha value is -1.89. The van der Waals surface area contributed by atoms with E-state index in [1.807, 2.05) is 0 Å². The lowest BCUT2D eigenvalue weighted by molar-refractivity contribution is -0.305. The maximum absolute atomic E-state index is 11.8. The second-order valence-electron chi connectivity index (χ2n) is 4.51. The third-order valence-electron chi connectivity index (χ3n) is 2.97. The number of unbranched alkanes of at least 4 members (excludes halogenated alkanes) is 2. The number of sulfonamides is 1. The monoisotopic (exact) mass is 295 g/mol. The van der Waals surface area contributed by atoms with Gasteiger partial charge in [0, 0.05) is 18.1 Å². The van der Waals surface area contributed by atoms with Gasteiger partial charge in [0.15, 0.2) is 0 Å². The Balaban J connectivity index is 1.94. The molecule has 0 saturated heterocycles. The molecule has 0 bridgehead atoms. The Morgan fingerprint density at radius 1 is 1.20 bits per heavy atom. The van der Waals surface area contributed by atoms with Crippen LogP contribution in [0.25, 0.3) is 0 Å². The van der Waals surface area contributed by atoms with Gasteiger partial charge in [0.25, 0.3) is 10.0 Å².